The molecule has 0 saturated carbocycles. The SMILES string of the molecule is O=C(Nc1cccc(CCCO)c1)c1cc(Br)sc1Br. The molecule has 0 spiro atoms. The lowest BCUT2D eigenvalue weighted by Crippen LogP contribution is -2.11. The van der Waals surface area contributed by atoms with E-state index < -0.39 is 0 Å². The van der Waals surface area contributed by atoms with E-state index in [0.717, 1.165) is 31.7 Å². The molecule has 0 saturated heterocycles. The number of rotatable bonds is 5. The van der Waals surface area contributed by atoms with Crippen LogP contribution in [0, 0.1) is 0 Å². The Balaban J connectivity index is 2.09. The number of carbonyl (C=O) groups excluding carboxylic acids is 1. The molecule has 1 amide bonds. The standard InChI is InChI=1S/C14H13Br2NO2S/c15-12-8-11(13(16)20-12)14(19)17-10-5-1-3-9(7-10)4-2-6-18/h1,3,5,7-8,18H,2,4,6H2,(H,17,19). The number of anilines is 1. The summed E-state index contributed by atoms with van der Waals surface area (Å²) in [6.45, 7) is 0.173. The lowest BCUT2D eigenvalue weighted by atomic mass is 10.1. The second-order valence-corrected chi connectivity index (χ2v) is 7.97. The summed E-state index contributed by atoms with van der Waals surface area (Å²) in [5, 5.41) is 11.7. The average Bonchev–Trinajstić information content (AvgIpc) is 2.76. The van der Waals surface area contributed by atoms with Crippen molar-refractivity contribution in [3.8, 4) is 0 Å². The van der Waals surface area contributed by atoms with Gasteiger partial charge in [-0.1, -0.05) is 12.1 Å². The summed E-state index contributed by atoms with van der Waals surface area (Å²) < 4.78 is 1.71. The van der Waals surface area contributed by atoms with Crippen molar-refractivity contribution in [2.75, 3.05) is 11.9 Å². The van der Waals surface area contributed by atoms with Gasteiger partial charge in [0.25, 0.3) is 5.91 Å². The van der Waals surface area contributed by atoms with Gasteiger partial charge in [0.2, 0.25) is 0 Å². The predicted octanol–water partition coefficient (Wildman–Crippen LogP) is 4.45. The number of aryl methyl sites for hydroxylation is 1. The topological polar surface area (TPSA) is 49.3 Å². The van der Waals surface area contributed by atoms with Crippen LogP contribution in [0.25, 0.3) is 0 Å². The normalized spacial score (nSPS) is 10.6. The predicted molar refractivity (Wildman–Crippen MR) is 89.5 cm³/mol. The fourth-order valence-corrected chi connectivity index (χ4v) is 4.57. The maximum absolute atomic E-state index is 12.2. The summed E-state index contributed by atoms with van der Waals surface area (Å²) in [4.78, 5) is 12.2. The van der Waals surface area contributed by atoms with Gasteiger partial charge in [-0.15, -0.1) is 11.3 Å². The molecule has 1 heterocycles. The zero-order valence-electron chi connectivity index (χ0n) is 10.5. The molecule has 2 aromatic rings. The van der Waals surface area contributed by atoms with Crippen molar-refractivity contribution < 1.29 is 9.90 Å². The maximum atomic E-state index is 12.2. The fraction of sp³-hybridized carbons (Fsp3) is 0.214. The summed E-state index contributed by atoms with van der Waals surface area (Å²) in [5.41, 5.74) is 2.48. The third kappa shape index (κ3) is 4.15. The highest BCUT2D eigenvalue weighted by atomic mass is 79.9. The van der Waals surface area contributed by atoms with Gasteiger partial charge < -0.3 is 10.4 Å². The molecule has 0 atom stereocenters. The van der Waals surface area contributed by atoms with Crippen molar-refractivity contribution in [1.82, 2.24) is 0 Å². The van der Waals surface area contributed by atoms with Crippen LogP contribution in [-0.4, -0.2) is 17.6 Å². The number of thiophene rings is 1. The number of carbonyl (C=O) groups is 1. The van der Waals surface area contributed by atoms with Crippen LogP contribution in [0.5, 0.6) is 0 Å². The molecule has 106 valence electrons. The second kappa shape index (κ2) is 7.36. The van der Waals surface area contributed by atoms with E-state index in [1.165, 1.54) is 11.3 Å². The first-order valence-corrected chi connectivity index (χ1v) is 8.46. The molecule has 0 radical (unpaired) electrons. The number of benzene rings is 1. The lowest BCUT2D eigenvalue weighted by Gasteiger charge is -2.07. The molecule has 0 aliphatic carbocycles. The smallest absolute Gasteiger partial charge is 0.257 e. The first-order valence-electron chi connectivity index (χ1n) is 6.06. The molecule has 6 heteroatoms. The Labute approximate surface area is 138 Å². The van der Waals surface area contributed by atoms with Crippen molar-refractivity contribution in [2.24, 2.45) is 0 Å². The minimum Gasteiger partial charge on any atom is -0.396 e. The molecule has 0 bridgehead atoms. The number of hydrogen-bond donors (Lipinski definition) is 2. The van der Waals surface area contributed by atoms with Gasteiger partial charge >= 0.3 is 0 Å². The van der Waals surface area contributed by atoms with Crippen LogP contribution in [0.15, 0.2) is 37.9 Å². The van der Waals surface area contributed by atoms with Gasteiger partial charge in [0, 0.05) is 12.3 Å². The minimum absolute atomic E-state index is 0.141. The summed E-state index contributed by atoms with van der Waals surface area (Å²) in [6.07, 6.45) is 1.52. The van der Waals surface area contributed by atoms with Crippen LogP contribution in [0.2, 0.25) is 0 Å². The van der Waals surface area contributed by atoms with Crippen LogP contribution < -0.4 is 5.32 Å². The third-order valence-corrected chi connectivity index (χ3v) is 5.05. The summed E-state index contributed by atoms with van der Waals surface area (Å²) in [5.74, 6) is -0.141. The van der Waals surface area contributed by atoms with Gasteiger partial charge in [0.1, 0.15) is 0 Å². The summed E-state index contributed by atoms with van der Waals surface area (Å²) in [6, 6.07) is 9.47. The van der Waals surface area contributed by atoms with Crippen LogP contribution in [0.3, 0.4) is 0 Å². The molecule has 1 aromatic heterocycles. The van der Waals surface area contributed by atoms with E-state index in [0.29, 0.717) is 5.56 Å². The van der Waals surface area contributed by atoms with E-state index in [-0.39, 0.29) is 12.5 Å². The highest BCUT2D eigenvalue weighted by Gasteiger charge is 2.13. The van der Waals surface area contributed by atoms with E-state index in [9.17, 15) is 4.79 Å². The van der Waals surface area contributed by atoms with Crippen LogP contribution in [0.4, 0.5) is 5.69 Å². The van der Waals surface area contributed by atoms with E-state index >= 15 is 0 Å². The monoisotopic (exact) mass is 417 g/mol. The van der Waals surface area contributed by atoms with Crippen molar-refractivity contribution in [1.29, 1.82) is 0 Å². The van der Waals surface area contributed by atoms with Gasteiger partial charge in [-0.2, -0.15) is 0 Å². The first kappa shape index (κ1) is 15.7. The lowest BCUT2D eigenvalue weighted by molar-refractivity contribution is 0.102. The van der Waals surface area contributed by atoms with Crippen molar-refractivity contribution in [2.45, 2.75) is 12.8 Å². The number of nitrogens with one attached hydrogen (secondary N) is 1. The summed E-state index contributed by atoms with van der Waals surface area (Å²) >= 11 is 8.21. The van der Waals surface area contributed by atoms with Gasteiger partial charge in [-0.05, 0) is 68.5 Å². The van der Waals surface area contributed by atoms with Gasteiger partial charge in [-0.3, -0.25) is 4.79 Å². The molecule has 3 nitrogen and oxygen atoms in total. The van der Waals surface area contributed by atoms with Crippen molar-refractivity contribution >= 4 is 54.8 Å². The number of aliphatic hydroxyl groups excluding tert-OH is 1. The number of hydrogen-bond acceptors (Lipinski definition) is 3. The fourth-order valence-electron chi connectivity index (χ4n) is 1.78. The number of aliphatic hydroxyl groups is 1. The third-order valence-electron chi connectivity index (χ3n) is 2.71. The highest BCUT2D eigenvalue weighted by molar-refractivity contribution is 9.12. The van der Waals surface area contributed by atoms with Crippen molar-refractivity contribution in [3.05, 3.63) is 49.0 Å². The first-order chi connectivity index (χ1) is 9.60. The Hall–Kier alpha value is -0.690. The van der Waals surface area contributed by atoms with E-state index in [2.05, 4.69) is 37.2 Å². The van der Waals surface area contributed by atoms with E-state index in [1.54, 1.807) is 6.07 Å². The van der Waals surface area contributed by atoms with E-state index in [4.69, 9.17) is 5.11 Å². The maximum Gasteiger partial charge on any atom is 0.257 e. The molecule has 2 N–H and O–H groups in total. The molecule has 0 aliphatic rings. The molecule has 20 heavy (non-hydrogen) atoms. The molecular formula is C14H13Br2NO2S. The molecular weight excluding hydrogens is 406 g/mol. The number of halogens is 2. The minimum atomic E-state index is -0.141. The Morgan fingerprint density at radius 1 is 1.30 bits per heavy atom. The van der Waals surface area contributed by atoms with Crippen LogP contribution in [-0.2, 0) is 6.42 Å². The Morgan fingerprint density at radius 2 is 2.10 bits per heavy atom. The largest absolute Gasteiger partial charge is 0.396 e. The average molecular weight is 419 g/mol. The van der Waals surface area contributed by atoms with Crippen molar-refractivity contribution in [3.63, 3.8) is 0 Å². The molecule has 2 rings (SSSR count). The zero-order valence-corrected chi connectivity index (χ0v) is 14.5. The molecule has 0 aliphatic heterocycles. The van der Waals surface area contributed by atoms with Crippen LogP contribution >= 0.6 is 43.2 Å². The van der Waals surface area contributed by atoms with E-state index in [1.807, 2.05) is 24.3 Å². The summed E-state index contributed by atoms with van der Waals surface area (Å²) in [7, 11) is 0. The molecule has 0 unspecified atom stereocenters. The van der Waals surface area contributed by atoms with Gasteiger partial charge in [-0.25, -0.2) is 0 Å². The van der Waals surface area contributed by atoms with Crippen LogP contribution in [0.1, 0.15) is 22.3 Å². The number of amides is 1. The Bertz CT molecular complexity index is 613. The zero-order chi connectivity index (χ0) is 14.5. The molecule has 1 aromatic carbocycles. The Kier molecular flexibility index (Phi) is 5.77. The Morgan fingerprint density at radius 3 is 2.75 bits per heavy atom. The van der Waals surface area contributed by atoms with Gasteiger partial charge in [0.05, 0.1) is 13.1 Å². The highest BCUT2D eigenvalue weighted by Crippen LogP contribution is 2.32. The quantitative estimate of drug-likeness (QED) is 0.753. The molecule has 0 fully saturated rings. The second-order valence-electron chi connectivity index (χ2n) is 4.22. The van der Waals surface area contributed by atoms with Gasteiger partial charge in [0.15, 0.2) is 0 Å².